The van der Waals surface area contributed by atoms with Gasteiger partial charge >= 0.3 is 0 Å². The average molecular weight is 352 g/mol. The van der Waals surface area contributed by atoms with Crippen LogP contribution in [0.15, 0.2) is 54.6 Å². The molecule has 5 heteroatoms. The predicted octanol–water partition coefficient (Wildman–Crippen LogP) is 2.78. The lowest BCUT2D eigenvalue weighted by molar-refractivity contribution is -0.138. The first-order valence-corrected chi connectivity index (χ1v) is 8.81. The van der Waals surface area contributed by atoms with E-state index in [9.17, 15) is 9.59 Å². The van der Waals surface area contributed by atoms with Crippen LogP contribution in [-0.4, -0.2) is 54.8 Å². The van der Waals surface area contributed by atoms with Gasteiger partial charge in [-0.15, -0.1) is 0 Å². The van der Waals surface area contributed by atoms with Gasteiger partial charge in [0.2, 0.25) is 0 Å². The molecule has 136 valence electrons. The normalized spacial score (nSPS) is 17.8. The highest BCUT2D eigenvalue weighted by Crippen LogP contribution is 2.25. The highest BCUT2D eigenvalue weighted by Gasteiger charge is 2.30. The first-order valence-electron chi connectivity index (χ1n) is 8.81. The topological polar surface area (TPSA) is 49.9 Å². The van der Waals surface area contributed by atoms with E-state index in [2.05, 4.69) is 24.1 Å². The Bertz CT molecular complexity index is 759. The Labute approximate surface area is 154 Å². The van der Waals surface area contributed by atoms with E-state index in [0.717, 1.165) is 18.7 Å². The van der Waals surface area contributed by atoms with Crippen LogP contribution in [0.4, 0.5) is 0 Å². The van der Waals surface area contributed by atoms with Gasteiger partial charge in [-0.25, -0.2) is 0 Å². The molecular formula is C21H24N2O3. The smallest absolute Gasteiger partial charge is 0.261 e. The summed E-state index contributed by atoms with van der Waals surface area (Å²) < 4.78 is 5.65. The van der Waals surface area contributed by atoms with E-state index in [1.54, 1.807) is 24.3 Å². The molecule has 0 spiro atoms. The number of nitrogens with zero attached hydrogens (tertiary/aromatic N) is 2. The quantitative estimate of drug-likeness (QED) is 0.777. The van der Waals surface area contributed by atoms with Gasteiger partial charge in [-0.05, 0) is 43.8 Å². The zero-order valence-corrected chi connectivity index (χ0v) is 15.2. The van der Waals surface area contributed by atoms with E-state index >= 15 is 0 Å². The highest BCUT2D eigenvalue weighted by atomic mass is 16.5. The van der Waals surface area contributed by atoms with E-state index in [4.69, 9.17) is 4.74 Å². The molecule has 1 aliphatic rings. The van der Waals surface area contributed by atoms with Crippen LogP contribution < -0.4 is 4.74 Å². The lowest BCUT2D eigenvalue weighted by atomic mass is 10.0. The molecule has 0 aromatic heterocycles. The van der Waals surface area contributed by atoms with Crippen LogP contribution in [0.5, 0.6) is 5.75 Å². The van der Waals surface area contributed by atoms with Crippen LogP contribution in [-0.2, 0) is 4.79 Å². The van der Waals surface area contributed by atoms with Crippen LogP contribution in [0.1, 0.15) is 28.9 Å². The zero-order chi connectivity index (χ0) is 18.5. The fourth-order valence-corrected chi connectivity index (χ4v) is 3.19. The second-order valence-corrected chi connectivity index (χ2v) is 6.65. The molecule has 0 saturated carbocycles. The number of hydrogen-bond donors (Lipinski definition) is 0. The monoisotopic (exact) mass is 352 g/mol. The number of likely N-dealkylation sites (N-methyl/N-ethyl adjacent to an activating group) is 1. The molecular weight excluding hydrogens is 328 g/mol. The summed E-state index contributed by atoms with van der Waals surface area (Å²) in [4.78, 5) is 28.2. The summed E-state index contributed by atoms with van der Waals surface area (Å²) in [6.07, 6.45) is 0. The van der Waals surface area contributed by atoms with Crippen molar-refractivity contribution in [3.63, 3.8) is 0 Å². The number of rotatable bonds is 5. The number of piperazine rings is 1. The average Bonchev–Trinajstić information content (AvgIpc) is 2.67. The number of ether oxygens (including phenoxy) is 1. The Morgan fingerprint density at radius 3 is 2.38 bits per heavy atom. The van der Waals surface area contributed by atoms with E-state index < -0.39 is 0 Å². The minimum Gasteiger partial charge on any atom is -0.484 e. The summed E-state index contributed by atoms with van der Waals surface area (Å²) >= 11 is 0. The SMILES string of the molecule is CC(=O)c1ccc(OCC(=O)N2CCN(C)CC2c2ccccc2)cc1. The molecule has 1 heterocycles. The first-order chi connectivity index (χ1) is 12.5. The van der Waals surface area contributed by atoms with Crippen molar-refractivity contribution >= 4 is 11.7 Å². The van der Waals surface area contributed by atoms with E-state index in [1.807, 2.05) is 23.1 Å². The Morgan fingerprint density at radius 1 is 1.04 bits per heavy atom. The summed E-state index contributed by atoms with van der Waals surface area (Å²) in [5.41, 5.74) is 1.77. The molecule has 1 atom stereocenters. The predicted molar refractivity (Wildman–Crippen MR) is 100 cm³/mol. The van der Waals surface area contributed by atoms with Gasteiger partial charge < -0.3 is 14.5 Å². The maximum absolute atomic E-state index is 12.8. The molecule has 0 radical (unpaired) electrons. The summed E-state index contributed by atoms with van der Waals surface area (Å²) in [7, 11) is 2.07. The van der Waals surface area contributed by atoms with Crippen LogP contribution in [0.3, 0.4) is 0 Å². The molecule has 2 aromatic carbocycles. The first kappa shape index (κ1) is 18.1. The van der Waals surface area contributed by atoms with Crippen molar-refractivity contribution in [3.05, 3.63) is 65.7 Å². The van der Waals surface area contributed by atoms with Gasteiger partial charge in [-0.2, -0.15) is 0 Å². The Balaban J connectivity index is 1.66. The zero-order valence-electron chi connectivity index (χ0n) is 15.2. The van der Waals surface area contributed by atoms with Crippen molar-refractivity contribution in [3.8, 4) is 5.75 Å². The molecule has 1 unspecified atom stereocenters. The van der Waals surface area contributed by atoms with Crippen LogP contribution in [0.2, 0.25) is 0 Å². The van der Waals surface area contributed by atoms with E-state index in [-0.39, 0.29) is 24.3 Å². The number of amides is 1. The number of benzene rings is 2. The van der Waals surface area contributed by atoms with Gasteiger partial charge in [-0.3, -0.25) is 9.59 Å². The minimum atomic E-state index is -0.0254. The van der Waals surface area contributed by atoms with Crippen molar-refractivity contribution in [1.29, 1.82) is 0 Å². The van der Waals surface area contributed by atoms with Crippen molar-refractivity contribution in [1.82, 2.24) is 9.80 Å². The number of hydrogen-bond acceptors (Lipinski definition) is 4. The molecule has 0 bridgehead atoms. The molecule has 0 aliphatic carbocycles. The number of carbonyl (C=O) groups is 2. The van der Waals surface area contributed by atoms with Crippen molar-refractivity contribution in [2.45, 2.75) is 13.0 Å². The Morgan fingerprint density at radius 2 is 1.73 bits per heavy atom. The standard InChI is InChI=1S/C21H24N2O3/c1-16(24)17-8-10-19(11-9-17)26-15-21(25)23-13-12-22(2)14-20(23)18-6-4-3-5-7-18/h3-11,20H,12-15H2,1-2H3. The van der Waals surface area contributed by atoms with Crippen molar-refractivity contribution in [2.75, 3.05) is 33.3 Å². The van der Waals surface area contributed by atoms with Crippen molar-refractivity contribution < 1.29 is 14.3 Å². The third kappa shape index (κ3) is 4.29. The summed E-state index contributed by atoms with van der Waals surface area (Å²) in [5.74, 6) is 0.576. The van der Waals surface area contributed by atoms with E-state index in [0.29, 0.717) is 17.9 Å². The third-order valence-electron chi connectivity index (χ3n) is 4.71. The summed E-state index contributed by atoms with van der Waals surface area (Å²) in [6.45, 7) is 3.86. The summed E-state index contributed by atoms with van der Waals surface area (Å²) in [6, 6.07) is 17.0. The second-order valence-electron chi connectivity index (χ2n) is 6.65. The van der Waals surface area contributed by atoms with Crippen LogP contribution in [0.25, 0.3) is 0 Å². The molecule has 3 rings (SSSR count). The van der Waals surface area contributed by atoms with Gasteiger partial charge in [0, 0.05) is 25.2 Å². The molecule has 0 N–H and O–H groups in total. The minimum absolute atomic E-state index is 0.00747. The van der Waals surface area contributed by atoms with E-state index in [1.165, 1.54) is 6.92 Å². The lowest BCUT2D eigenvalue weighted by Crippen LogP contribution is -2.50. The second kappa shape index (κ2) is 8.15. The molecule has 26 heavy (non-hydrogen) atoms. The maximum atomic E-state index is 12.8. The number of Topliss-reactive ketones (excluding diaryl/α,β-unsaturated/α-hetero) is 1. The molecule has 5 nitrogen and oxygen atoms in total. The number of carbonyl (C=O) groups excluding carboxylic acids is 2. The molecule has 1 fully saturated rings. The fraction of sp³-hybridized carbons (Fsp3) is 0.333. The molecule has 1 saturated heterocycles. The van der Waals surface area contributed by atoms with Gasteiger partial charge in [0.15, 0.2) is 12.4 Å². The fourth-order valence-electron chi connectivity index (χ4n) is 3.19. The van der Waals surface area contributed by atoms with Gasteiger partial charge in [0.05, 0.1) is 6.04 Å². The molecule has 1 amide bonds. The molecule has 1 aliphatic heterocycles. The highest BCUT2D eigenvalue weighted by molar-refractivity contribution is 5.94. The third-order valence-corrected chi connectivity index (χ3v) is 4.71. The largest absolute Gasteiger partial charge is 0.484 e. The van der Waals surface area contributed by atoms with Crippen LogP contribution >= 0.6 is 0 Å². The maximum Gasteiger partial charge on any atom is 0.261 e. The number of ketones is 1. The molecule has 2 aromatic rings. The van der Waals surface area contributed by atoms with Crippen LogP contribution in [0, 0.1) is 0 Å². The van der Waals surface area contributed by atoms with Gasteiger partial charge in [0.25, 0.3) is 5.91 Å². The Hall–Kier alpha value is -2.66. The van der Waals surface area contributed by atoms with Gasteiger partial charge in [-0.1, -0.05) is 30.3 Å². The lowest BCUT2D eigenvalue weighted by Gasteiger charge is -2.40. The Kier molecular flexibility index (Phi) is 5.68. The van der Waals surface area contributed by atoms with Crippen molar-refractivity contribution in [2.24, 2.45) is 0 Å². The van der Waals surface area contributed by atoms with Gasteiger partial charge in [0.1, 0.15) is 5.75 Å². The summed E-state index contributed by atoms with van der Waals surface area (Å²) in [5, 5.41) is 0.